The predicted molar refractivity (Wildman–Crippen MR) is 160 cm³/mol. The molecule has 6 atom stereocenters. The molecule has 5 nitrogen and oxygen atoms in total. The van der Waals surface area contributed by atoms with Crippen molar-refractivity contribution in [3.63, 3.8) is 0 Å². The van der Waals surface area contributed by atoms with Gasteiger partial charge in [-0.05, 0) is 29.7 Å². The van der Waals surface area contributed by atoms with Crippen molar-refractivity contribution in [2.45, 2.75) is 66.6 Å². The Labute approximate surface area is 246 Å². The SMILES string of the molecule is COC1(c2ccccc2)CC[C@H]2O[C@H](Sc3ccccc3)[C@@H](OCc3ccccc3)[C@@H](OCc3ccccc3)[C@@H]2O1. The van der Waals surface area contributed by atoms with Gasteiger partial charge in [0.15, 0.2) is 5.79 Å². The Balaban J connectivity index is 1.34. The molecule has 0 N–H and O–H groups in total. The lowest BCUT2D eigenvalue weighted by Crippen LogP contribution is -2.63. The van der Waals surface area contributed by atoms with E-state index in [0.717, 1.165) is 28.0 Å². The maximum Gasteiger partial charge on any atom is 0.195 e. The average molecular weight is 569 g/mol. The highest BCUT2D eigenvalue weighted by atomic mass is 32.2. The van der Waals surface area contributed by atoms with Crippen LogP contribution in [0.3, 0.4) is 0 Å². The maximum absolute atomic E-state index is 6.93. The number of hydrogen-bond donors (Lipinski definition) is 0. The second-order valence-corrected chi connectivity index (χ2v) is 11.6. The Morgan fingerprint density at radius 1 is 0.707 bits per heavy atom. The highest BCUT2D eigenvalue weighted by molar-refractivity contribution is 7.99. The van der Waals surface area contributed by atoms with Crippen molar-refractivity contribution in [3.8, 4) is 0 Å². The van der Waals surface area contributed by atoms with Crippen molar-refractivity contribution in [2.24, 2.45) is 0 Å². The molecule has 2 aliphatic heterocycles. The largest absolute Gasteiger partial charge is 0.368 e. The minimum Gasteiger partial charge on any atom is -0.368 e. The van der Waals surface area contributed by atoms with Gasteiger partial charge in [0.25, 0.3) is 0 Å². The van der Waals surface area contributed by atoms with Gasteiger partial charge in [-0.1, -0.05) is 121 Å². The number of ether oxygens (including phenoxy) is 5. The van der Waals surface area contributed by atoms with Gasteiger partial charge in [-0.25, -0.2) is 0 Å². The van der Waals surface area contributed by atoms with Crippen molar-refractivity contribution in [1.29, 1.82) is 0 Å². The molecule has 0 bridgehead atoms. The lowest BCUT2D eigenvalue weighted by atomic mass is 9.88. The van der Waals surface area contributed by atoms with Crippen LogP contribution in [-0.4, -0.2) is 37.0 Å². The fraction of sp³-hybridized carbons (Fsp3) is 0.314. The van der Waals surface area contributed by atoms with Crippen LogP contribution in [-0.2, 0) is 42.7 Å². The fourth-order valence-electron chi connectivity index (χ4n) is 5.66. The van der Waals surface area contributed by atoms with E-state index in [9.17, 15) is 0 Å². The van der Waals surface area contributed by atoms with Crippen LogP contribution in [0.1, 0.15) is 29.5 Å². The zero-order valence-electron chi connectivity index (χ0n) is 23.2. The van der Waals surface area contributed by atoms with Gasteiger partial charge in [0.2, 0.25) is 0 Å². The van der Waals surface area contributed by atoms with Crippen LogP contribution >= 0.6 is 11.8 Å². The second kappa shape index (κ2) is 13.3. The van der Waals surface area contributed by atoms with Crippen LogP contribution < -0.4 is 0 Å². The third kappa shape index (κ3) is 6.59. The smallest absolute Gasteiger partial charge is 0.195 e. The topological polar surface area (TPSA) is 46.2 Å². The minimum atomic E-state index is -0.885. The van der Waals surface area contributed by atoms with Gasteiger partial charge in [0.1, 0.15) is 23.7 Å². The molecule has 0 radical (unpaired) electrons. The van der Waals surface area contributed by atoms with E-state index < -0.39 is 18.0 Å². The average Bonchev–Trinajstić information content (AvgIpc) is 3.04. The molecule has 2 aliphatic rings. The van der Waals surface area contributed by atoms with Gasteiger partial charge in [-0.15, -0.1) is 0 Å². The van der Waals surface area contributed by atoms with E-state index in [1.807, 2.05) is 72.8 Å². The molecule has 2 heterocycles. The molecule has 4 aromatic rings. The van der Waals surface area contributed by atoms with Crippen LogP contribution in [0, 0.1) is 0 Å². The van der Waals surface area contributed by atoms with E-state index >= 15 is 0 Å². The summed E-state index contributed by atoms with van der Waals surface area (Å²) < 4.78 is 33.4. The third-order valence-electron chi connectivity index (χ3n) is 7.78. The molecule has 41 heavy (non-hydrogen) atoms. The number of benzene rings is 4. The number of methoxy groups -OCH3 is 1. The predicted octanol–water partition coefficient (Wildman–Crippen LogP) is 7.35. The summed E-state index contributed by atoms with van der Waals surface area (Å²) in [4.78, 5) is 1.12. The van der Waals surface area contributed by atoms with Gasteiger partial charge < -0.3 is 23.7 Å². The van der Waals surface area contributed by atoms with Gasteiger partial charge in [-0.3, -0.25) is 0 Å². The standard InChI is InChI=1S/C35H36O5S/c1-36-35(28-18-10-4-11-19-28)23-22-30-31(40-35)32(37-24-26-14-6-2-7-15-26)33(38-25-27-16-8-3-9-17-27)34(39-30)41-29-20-12-5-13-21-29/h2-21,30-34H,22-25H2,1H3/t30-,31-,32+,33+,34-,35?/m1/s1. The molecule has 2 fully saturated rings. The number of rotatable bonds is 10. The molecule has 0 spiro atoms. The summed E-state index contributed by atoms with van der Waals surface area (Å²) in [7, 11) is 1.72. The van der Waals surface area contributed by atoms with Crippen LogP contribution in [0.25, 0.3) is 0 Å². The Bertz CT molecular complexity index is 1340. The number of hydrogen-bond acceptors (Lipinski definition) is 6. The molecule has 6 rings (SSSR count). The molecule has 212 valence electrons. The summed E-state index contributed by atoms with van der Waals surface area (Å²) >= 11 is 1.68. The van der Waals surface area contributed by atoms with Crippen molar-refractivity contribution in [3.05, 3.63) is 138 Å². The summed E-state index contributed by atoms with van der Waals surface area (Å²) in [5.41, 5.74) is 2.91. The molecule has 1 unspecified atom stereocenters. The van der Waals surface area contributed by atoms with Crippen molar-refractivity contribution in [2.75, 3.05) is 7.11 Å². The highest BCUT2D eigenvalue weighted by Crippen LogP contribution is 2.46. The molecule has 2 saturated heterocycles. The van der Waals surface area contributed by atoms with Crippen molar-refractivity contribution in [1.82, 2.24) is 0 Å². The fourth-order valence-corrected chi connectivity index (χ4v) is 6.81. The first-order valence-electron chi connectivity index (χ1n) is 14.2. The van der Waals surface area contributed by atoms with Crippen molar-refractivity contribution >= 4 is 11.8 Å². The Hall–Kier alpha value is -2.97. The van der Waals surface area contributed by atoms with Gasteiger partial charge in [0.05, 0.1) is 19.3 Å². The van der Waals surface area contributed by atoms with E-state index in [0.29, 0.717) is 19.6 Å². The summed E-state index contributed by atoms with van der Waals surface area (Å²) in [6.07, 6.45) is 0.113. The lowest BCUT2D eigenvalue weighted by molar-refractivity contribution is -0.349. The van der Waals surface area contributed by atoms with Gasteiger partial charge in [0, 0.05) is 24.0 Å². The van der Waals surface area contributed by atoms with Gasteiger partial charge >= 0.3 is 0 Å². The molecule has 4 aromatic carbocycles. The summed E-state index contributed by atoms with van der Waals surface area (Å²) in [6.45, 7) is 0.884. The van der Waals surface area contributed by atoms with Crippen LogP contribution in [0.4, 0.5) is 0 Å². The third-order valence-corrected chi connectivity index (χ3v) is 8.94. The van der Waals surface area contributed by atoms with E-state index in [4.69, 9.17) is 23.7 Å². The molecular weight excluding hydrogens is 532 g/mol. The normalized spacial score (nSPS) is 27.7. The first-order chi connectivity index (χ1) is 20.2. The van der Waals surface area contributed by atoms with Crippen LogP contribution in [0.2, 0.25) is 0 Å². The van der Waals surface area contributed by atoms with Crippen LogP contribution in [0.15, 0.2) is 126 Å². The van der Waals surface area contributed by atoms with E-state index in [-0.39, 0.29) is 17.6 Å². The van der Waals surface area contributed by atoms with Gasteiger partial charge in [-0.2, -0.15) is 0 Å². The number of fused-ring (bicyclic) bond motifs is 1. The summed E-state index contributed by atoms with van der Waals surface area (Å²) in [5.74, 6) is -0.885. The molecule has 0 aliphatic carbocycles. The van der Waals surface area contributed by atoms with E-state index in [2.05, 4.69) is 48.5 Å². The maximum atomic E-state index is 6.93. The lowest BCUT2D eigenvalue weighted by Gasteiger charge is -2.52. The second-order valence-electron chi connectivity index (χ2n) is 10.4. The summed E-state index contributed by atoms with van der Waals surface area (Å²) in [5, 5.41) is 0. The number of thioether (sulfide) groups is 1. The first kappa shape index (κ1) is 28.2. The Morgan fingerprint density at radius 3 is 1.83 bits per heavy atom. The molecule has 0 aromatic heterocycles. The highest BCUT2D eigenvalue weighted by Gasteiger charge is 2.55. The van der Waals surface area contributed by atoms with Crippen molar-refractivity contribution < 1.29 is 23.7 Å². The zero-order valence-corrected chi connectivity index (χ0v) is 24.0. The minimum absolute atomic E-state index is 0.166. The molecule has 0 saturated carbocycles. The Kier molecular flexibility index (Phi) is 9.16. The first-order valence-corrected chi connectivity index (χ1v) is 15.1. The van der Waals surface area contributed by atoms with E-state index in [1.54, 1.807) is 18.9 Å². The Morgan fingerprint density at radius 2 is 1.24 bits per heavy atom. The van der Waals surface area contributed by atoms with E-state index in [1.165, 1.54) is 0 Å². The summed E-state index contributed by atoms with van der Waals surface area (Å²) in [6, 6.07) is 41.0. The molecular formula is C35H36O5S. The van der Waals surface area contributed by atoms with Crippen LogP contribution in [0.5, 0.6) is 0 Å². The molecule has 0 amide bonds. The quantitative estimate of drug-likeness (QED) is 0.199. The monoisotopic (exact) mass is 568 g/mol. The zero-order chi connectivity index (χ0) is 27.9. The molecule has 6 heteroatoms.